The molecular formula is C26H26FN5O. The van der Waals surface area contributed by atoms with Crippen LogP contribution in [0.25, 0.3) is 0 Å². The van der Waals surface area contributed by atoms with Crippen LogP contribution >= 0.6 is 0 Å². The summed E-state index contributed by atoms with van der Waals surface area (Å²) in [6.07, 6.45) is 0.816. The van der Waals surface area contributed by atoms with Crippen LogP contribution in [-0.2, 0) is 13.0 Å². The summed E-state index contributed by atoms with van der Waals surface area (Å²) in [7, 11) is 0. The fraction of sp³-hybridized carbons (Fsp3) is 0.231. The minimum atomic E-state index is -0.212. The van der Waals surface area contributed by atoms with E-state index in [1.807, 2.05) is 48.5 Å². The van der Waals surface area contributed by atoms with Gasteiger partial charge >= 0.3 is 0 Å². The van der Waals surface area contributed by atoms with Gasteiger partial charge in [0.2, 0.25) is 5.95 Å². The Bertz CT molecular complexity index is 1170. The van der Waals surface area contributed by atoms with Crippen LogP contribution in [-0.4, -0.2) is 41.4 Å². The van der Waals surface area contributed by atoms with Crippen molar-refractivity contribution in [2.24, 2.45) is 0 Å². The highest BCUT2D eigenvalue weighted by Crippen LogP contribution is 2.23. The molecule has 168 valence electrons. The maximum Gasteiger partial charge on any atom is 0.244 e. The molecule has 3 aromatic carbocycles. The summed E-state index contributed by atoms with van der Waals surface area (Å²) in [6, 6.07) is 25.1. The van der Waals surface area contributed by atoms with Gasteiger partial charge in [0, 0.05) is 38.3 Å². The number of benzene rings is 3. The highest BCUT2D eigenvalue weighted by atomic mass is 19.1. The highest BCUT2D eigenvalue weighted by Gasteiger charge is 2.20. The number of piperazine rings is 1. The fourth-order valence-electron chi connectivity index (χ4n) is 4.06. The van der Waals surface area contributed by atoms with E-state index in [0.29, 0.717) is 18.4 Å². The first kappa shape index (κ1) is 21.0. The van der Waals surface area contributed by atoms with Gasteiger partial charge in [-0.1, -0.05) is 48.5 Å². The summed E-state index contributed by atoms with van der Waals surface area (Å²) in [4.78, 5) is 9.04. The topological polar surface area (TPSA) is 57.3 Å². The van der Waals surface area contributed by atoms with E-state index in [4.69, 9.17) is 4.74 Å². The van der Waals surface area contributed by atoms with Crippen molar-refractivity contribution < 1.29 is 9.13 Å². The zero-order valence-electron chi connectivity index (χ0n) is 18.3. The normalized spacial score (nSPS) is 13.8. The number of H-pyrrole nitrogens is 1. The summed E-state index contributed by atoms with van der Waals surface area (Å²) in [5, 5.41) is 7.40. The third-order valence-corrected chi connectivity index (χ3v) is 5.85. The van der Waals surface area contributed by atoms with Gasteiger partial charge in [0.25, 0.3) is 0 Å². The maximum absolute atomic E-state index is 13.2. The molecule has 1 saturated heterocycles. The second-order valence-corrected chi connectivity index (χ2v) is 8.09. The van der Waals surface area contributed by atoms with E-state index in [0.717, 1.165) is 49.6 Å². The molecule has 0 aliphatic carbocycles. The van der Waals surface area contributed by atoms with Gasteiger partial charge in [-0.15, -0.1) is 5.10 Å². The van der Waals surface area contributed by atoms with Crippen molar-refractivity contribution >= 4 is 11.6 Å². The quantitative estimate of drug-likeness (QED) is 0.458. The smallest absolute Gasteiger partial charge is 0.244 e. The molecule has 2 heterocycles. The van der Waals surface area contributed by atoms with Gasteiger partial charge in [-0.3, -0.25) is 5.10 Å². The molecule has 1 aliphatic rings. The Morgan fingerprint density at radius 1 is 0.818 bits per heavy atom. The van der Waals surface area contributed by atoms with Crippen LogP contribution < -0.4 is 14.5 Å². The number of rotatable bonds is 7. The summed E-state index contributed by atoms with van der Waals surface area (Å²) in [5.74, 6) is 2.02. The van der Waals surface area contributed by atoms with Gasteiger partial charge in [-0.2, -0.15) is 4.98 Å². The fourth-order valence-corrected chi connectivity index (χ4v) is 4.06. The number of halogens is 1. The van der Waals surface area contributed by atoms with Gasteiger partial charge in [0.05, 0.1) is 0 Å². The zero-order chi connectivity index (χ0) is 22.5. The van der Waals surface area contributed by atoms with E-state index >= 15 is 0 Å². The summed E-state index contributed by atoms with van der Waals surface area (Å²) in [6.45, 7) is 3.59. The molecule has 6 nitrogen and oxygen atoms in total. The molecule has 1 fully saturated rings. The predicted octanol–water partition coefficient (Wildman–Crippen LogP) is 4.44. The lowest BCUT2D eigenvalue weighted by Crippen LogP contribution is -2.47. The lowest BCUT2D eigenvalue weighted by atomic mass is 10.0. The number of aromatic amines is 1. The zero-order valence-corrected chi connectivity index (χ0v) is 18.3. The Morgan fingerprint density at radius 3 is 2.30 bits per heavy atom. The molecule has 0 bridgehead atoms. The summed E-state index contributed by atoms with van der Waals surface area (Å²) in [5.41, 5.74) is 3.42. The summed E-state index contributed by atoms with van der Waals surface area (Å²) >= 11 is 0. The standard InChI is InChI=1S/C26H26FN5O/c27-22-10-12-23(13-11-22)31-14-16-32(17-15-31)26-28-25(29-30-26)19-33-24-9-5-4-8-21(24)18-20-6-2-1-3-7-20/h1-13H,14-19H2,(H,28,29,30). The molecule has 0 radical (unpaired) electrons. The van der Waals surface area contributed by atoms with Crippen molar-refractivity contribution in [3.05, 3.63) is 102 Å². The van der Waals surface area contributed by atoms with Gasteiger partial charge < -0.3 is 14.5 Å². The molecule has 1 N–H and O–H groups in total. The van der Waals surface area contributed by atoms with Crippen molar-refractivity contribution in [2.45, 2.75) is 13.0 Å². The van der Waals surface area contributed by atoms with E-state index in [1.54, 1.807) is 0 Å². The number of aromatic nitrogens is 3. The third-order valence-electron chi connectivity index (χ3n) is 5.85. The van der Waals surface area contributed by atoms with Crippen LogP contribution in [0.4, 0.5) is 16.0 Å². The van der Waals surface area contributed by atoms with Gasteiger partial charge in [-0.25, -0.2) is 4.39 Å². The molecule has 4 aromatic rings. The van der Waals surface area contributed by atoms with Crippen LogP contribution in [0.1, 0.15) is 17.0 Å². The van der Waals surface area contributed by atoms with Crippen LogP contribution in [0.15, 0.2) is 78.9 Å². The number of para-hydroxylation sites is 1. The number of nitrogens with one attached hydrogen (secondary N) is 1. The van der Waals surface area contributed by atoms with Crippen molar-refractivity contribution in [1.82, 2.24) is 15.2 Å². The van der Waals surface area contributed by atoms with Crippen LogP contribution in [0.5, 0.6) is 5.75 Å². The monoisotopic (exact) mass is 443 g/mol. The molecule has 33 heavy (non-hydrogen) atoms. The molecule has 0 unspecified atom stereocenters. The van der Waals surface area contributed by atoms with Crippen molar-refractivity contribution in [2.75, 3.05) is 36.0 Å². The average Bonchev–Trinajstić information content (AvgIpc) is 3.34. The minimum absolute atomic E-state index is 0.212. The molecular weight excluding hydrogens is 417 g/mol. The van der Waals surface area contributed by atoms with E-state index < -0.39 is 0 Å². The Labute approximate surface area is 192 Å². The molecule has 0 amide bonds. The van der Waals surface area contributed by atoms with Crippen molar-refractivity contribution in [1.29, 1.82) is 0 Å². The van der Waals surface area contributed by atoms with E-state index in [9.17, 15) is 4.39 Å². The largest absolute Gasteiger partial charge is 0.485 e. The lowest BCUT2D eigenvalue weighted by Gasteiger charge is -2.35. The van der Waals surface area contributed by atoms with Crippen LogP contribution in [0.2, 0.25) is 0 Å². The first-order valence-electron chi connectivity index (χ1n) is 11.2. The van der Waals surface area contributed by atoms with Crippen molar-refractivity contribution in [3.8, 4) is 5.75 Å². The average molecular weight is 444 g/mol. The van der Waals surface area contributed by atoms with Gasteiger partial charge in [-0.05, 0) is 41.5 Å². The second kappa shape index (κ2) is 9.73. The number of nitrogens with zero attached hydrogens (tertiary/aromatic N) is 4. The number of ether oxygens (including phenoxy) is 1. The lowest BCUT2D eigenvalue weighted by molar-refractivity contribution is 0.293. The molecule has 0 atom stereocenters. The molecule has 0 saturated carbocycles. The first-order valence-corrected chi connectivity index (χ1v) is 11.2. The Morgan fingerprint density at radius 2 is 1.52 bits per heavy atom. The third kappa shape index (κ3) is 5.14. The Hall–Kier alpha value is -3.87. The van der Waals surface area contributed by atoms with E-state index in [2.05, 4.69) is 43.2 Å². The maximum atomic E-state index is 13.2. The SMILES string of the molecule is Fc1ccc(N2CCN(c3n[nH]c(COc4ccccc4Cc4ccccc4)n3)CC2)cc1. The number of anilines is 2. The van der Waals surface area contributed by atoms with Gasteiger partial charge in [0.1, 0.15) is 18.2 Å². The first-order chi connectivity index (χ1) is 16.2. The molecule has 1 aromatic heterocycles. The predicted molar refractivity (Wildman–Crippen MR) is 127 cm³/mol. The van der Waals surface area contributed by atoms with Gasteiger partial charge in [0.15, 0.2) is 5.82 Å². The minimum Gasteiger partial charge on any atom is -0.485 e. The second-order valence-electron chi connectivity index (χ2n) is 8.09. The highest BCUT2D eigenvalue weighted by molar-refractivity contribution is 5.48. The Balaban J connectivity index is 1.17. The van der Waals surface area contributed by atoms with Crippen LogP contribution in [0.3, 0.4) is 0 Å². The Kier molecular flexibility index (Phi) is 6.19. The van der Waals surface area contributed by atoms with E-state index in [-0.39, 0.29) is 5.82 Å². The van der Waals surface area contributed by atoms with Crippen molar-refractivity contribution in [3.63, 3.8) is 0 Å². The molecule has 1 aliphatic heterocycles. The summed E-state index contributed by atoms with van der Waals surface area (Å²) < 4.78 is 19.3. The number of hydrogen-bond donors (Lipinski definition) is 1. The van der Waals surface area contributed by atoms with E-state index in [1.165, 1.54) is 17.7 Å². The molecule has 0 spiro atoms. The molecule has 5 rings (SSSR count). The van der Waals surface area contributed by atoms with Crippen LogP contribution in [0, 0.1) is 5.82 Å². The number of hydrogen-bond acceptors (Lipinski definition) is 5. The molecule has 7 heteroatoms.